The molecule has 0 unspecified atom stereocenters. The summed E-state index contributed by atoms with van der Waals surface area (Å²) in [6, 6.07) is 20.8. The van der Waals surface area contributed by atoms with Crippen LogP contribution in [0.15, 0.2) is 107 Å². The molecule has 0 aliphatic heterocycles. The zero-order valence-corrected chi connectivity index (χ0v) is 26.2. The Kier molecular flexibility index (Phi) is 10.4. The van der Waals surface area contributed by atoms with Gasteiger partial charge in [0.15, 0.2) is 0 Å². The van der Waals surface area contributed by atoms with E-state index < -0.39 is 0 Å². The molecule has 1 aromatic heterocycles. The summed E-state index contributed by atoms with van der Waals surface area (Å²) >= 11 is 0. The molecule has 208 valence electrons. The lowest BCUT2D eigenvalue weighted by Gasteiger charge is -2.23. The van der Waals surface area contributed by atoms with Crippen LogP contribution in [-0.2, 0) is 0 Å². The molecule has 0 bridgehead atoms. The fourth-order valence-electron chi connectivity index (χ4n) is 4.22. The first-order valence-corrected chi connectivity index (χ1v) is 14.3. The number of aromatic nitrogens is 2. The summed E-state index contributed by atoms with van der Waals surface area (Å²) in [4.78, 5) is 10.8. The molecule has 0 radical (unpaired) electrons. The van der Waals surface area contributed by atoms with Crippen LogP contribution in [0.25, 0.3) is 33.7 Å². The second-order valence-corrected chi connectivity index (χ2v) is 11.6. The molecule has 0 saturated heterocycles. The van der Waals surface area contributed by atoms with Crippen molar-refractivity contribution in [2.24, 2.45) is 5.41 Å². The van der Waals surface area contributed by atoms with Gasteiger partial charge < -0.3 is 0 Å². The Hall–Kier alpha value is -3.78. The van der Waals surface area contributed by atoms with E-state index in [1.54, 1.807) is 0 Å². The number of benzene rings is 2. The van der Waals surface area contributed by atoms with E-state index in [4.69, 9.17) is 9.97 Å². The maximum atomic E-state index is 5.41. The van der Waals surface area contributed by atoms with Crippen LogP contribution in [0, 0.1) is 5.41 Å². The maximum absolute atomic E-state index is 5.41. The molecular formula is C38H46N2. The van der Waals surface area contributed by atoms with E-state index in [1.807, 2.05) is 12.1 Å². The zero-order chi connectivity index (χ0) is 29.4. The minimum Gasteiger partial charge on any atom is -0.244 e. The standard InChI is InChI=1S/C38H46N2/c1-11-38(9,10)29(6)25-24-28(5)31(8)35-34(30(7)27(4)23-22-26(2)3)39-36(32-18-14-12-15-19-32)37(40-35)33-20-16-13-17-21-33/h12-25H,11H2,1-10H3/b27-23+,28-24+,29-25+,34-30-,35-31-. The number of hydrogen-bond acceptors (Lipinski definition) is 2. The molecule has 2 aromatic carbocycles. The third kappa shape index (κ3) is 7.45. The highest BCUT2D eigenvalue weighted by Gasteiger charge is 2.17. The average molecular weight is 531 g/mol. The molecule has 40 heavy (non-hydrogen) atoms. The van der Waals surface area contributed by atoms with Gasteiger partial charge in [-0.15, -0.1) is 0 Å². The lowest BCUT2D eigenvalue weighted by molar-refractivity contribution is 0.429. The minimum atomic E-state index is 0.171. The summed E-state index contributed by atoms with van der Waals surface area (Å²) in [5, 5.41) is 1.85. The first kappa shape index (κ1) is 30.8. The maximum Gasteiger partial charge on any atom is 0.0973 e. The van der Waals surface area contributed by atoms with Gasteiger partial charge in [0.1, 0.15) is 0 Å². The number of hydrogen-bond donors (Lipinski definition) is 0. The highest BCUT2D eigenvalue weighted by molar-refractivity contribution is 5.79. The SMILES string of the molecule is CCC(C)(C)/C(C)=C/C=C(C)/C(C)=c1\nc(-c2ccccc2)c(-c2ccccc2)n\c1=C(C)/C(C)=C/C=C(C)C. The predicted molar refractivity (Wildman–Crippen MR) is 175 cm³/mol. The Morgan fingerprint density at radius 1 is 0.600 bits per heavy atom. The van der Waals surface area contributed by atoms with Gasteiger partial charge in [-0.25, -0.2) is 9.97 Å². The third-order valence-corrected chi connectivity index (χ3v) is 8.09. The van der Waals surface area contributed by atoms with Gasteiger partial charge >= 0.3 is 0 Å². The number of allylic oxidation sites excluding steroid dienone is 8. The van der Waals surface area contributed by atoms with E-state index in [0.29, 0.717) is 0 Å². The largest absolute Gasteiger partial charge is 0.244 e. The van der Waals surface area contributed by atoms with E-state index in [1.165, 1.54) is 22.3 Å². The van der Waals surface area contributed by atoms with Crippen LogP contribution in [0.5, 0.6) is 0 Å². The van der Waals surface area contributed by atoms with Gasteiger partial charge in [-0.2, -0.15) is 0 Å². The van der Waals surface area contributed by atoms with Gasteiger partial charge in [0.05, 0.1) is 22.1 Å². The summed E-state index contributed by atoms with van der Waals surface area (Å²) in [7, 11) is 0. The lowest BCUT2D eigenvalue weighted by atomic mass is 9.82. The van der Waals surface area contributed by atoms with E-state index in [2.05, 4.69) is 142 Å². The topological polar surface area (TPSA) is 25.8 Å². The lowest BCUT2D eigenvalue weighted by Crippen LogP contribution is -2.36. The van der Waals surface area contributed by atoms with Gasteiger partial charge in [-0.3, -0.25) is 0 Å². The third-order valence-electron chi connectivity index (χ3n) is 8.09. The molecule has 0 atom stereocenters. The molecule has 2 heteroatoms. The Labute approximate surface area is 242 Å². The Balaban J connectivity index is 2.48. The molecule has 0 spiro atoms. The molecule has 0 aliphatic carbocycles. The Morgan fingerprint density at radius 2 is 1.00 bits per heavy atom. The van der Waals surface area contributed by atoms with Crippen molar-refractivity contribution in [3.8, 4) is 22.5 Å². The zero-order valence-electron chi connectivity index (χ0n) is 26.2. The monoisotopic (exact) mass is 530 g/mol. The average Bonchev–Trinajstić information content (AvgIpc) is 2.97. The predicted octanol–water partition coefficient (Wildman–Crippen LogP) is 9.39. The van der Waals surface area contributed by atoms with Crippen LogP contribution in [0.3, 0.4) is 0 Å². The first-order chi connectivity index (χ1) is 19.0. The fraction of sp³-hybridized carbons (Fsp3) is 0.316. The van der Waals surface area contributed by atoms with E-state index in [-0.39, 0.29) is 5.41 Å². The smallest absolute Gasteiger partial charge is 0.0973 e. The second kappa shape index (κ2) is 13.5. The molecular weight excluding hydrogens is 484 g/mol. The first-order valence-electron chi connectivity index (χ1n) is 14.3. The van der Waals surface area contributed by atoms with E-state index in [9.17, 15) is 0 Å². The summed E-state index contributed by atoms with van der Waals surface area (Å²) in [5.41, 5.74) is 11.4. The summed E-state index contributed by atoms with van der Waals surface area (Å²) in [6.45, 7) is 22.0. The van der Waals surface area contributed by atoms with Crippen LogP contribution in [-0.4, -0.2) is 9.97 Å². The van der Waals surface area contributed by atoms with Gasteiger partial charge in [0, 0.05) is 11.1 Å². The Morgan fingerprint density at radius 3 is 1.38 bits per heavy atom. The van der Waals surface area contributed by atoms with Crippen molar-refractivity contribution >= 4 is 11.1 Å². The second-order valence-electron chi connectivity index (χ2n) is 11.6. The van der Waals surface area contributed by atoms with Crippen molar-refractivity contribution in [2.45, 2.75) is 75.7 Å². The summed E-state index contributed by atoms with van der Waals surface area (Å²) < 4.78 is 0. The molecule has 2 nitrogen and oxygen atoms in total. The van der Waals surface area contributed by atoms with Crippen molar-refractivity contribution in [1.82, 2.24) is 9.97 Å². The van der Waals surface area contributed by atoms with Crippen molar-refractivity contribution in [3.63, 3.8) is 0 Å². The molecule has 0 fully saturated rings. The number of rotatable bonds is 8. The highest BCUT2D eigenvalue weighted by atomic mass is 14.8. The molecule has 0 N–H and O–H groups in total. The molecule has 0 amide bonds. The van der Waals surface area contributed by atoms with Crippen LogP contribution < -0.4 is 10.7 Å². The van der Waals surface area contributed by atoms with Gasteiger partial charge in [-0.05, 0) is 82.6 Å². The van der Waals surface area contributed by atoms with Gasteiger partial charge in [-0.1, -0.05) is 117 Å². The van der Waals surface area contributed by atoms with Gasteiger partial charge in [0.2, 0.25) is 0 Å². The number of nitrogens with zero attached hydrogens (tertiary/aromatic N) is 2. The molecule has 3 aromatic rings. The summed E-state index contributed by atoms with van der Waals surface area (Å²) in [6.07, 6.45) is 9.95. The highest BCUT2D eigenvalue weighted by Crippen LogP contribution is 2.30. The molecule has 0 saturated carbocycles. The quantitative estimate of drug-likeness (QED) is 0.271. The van der Waals surface area contributed by atoms with Crippen LogP contribution in [0.2, 0.25) is 0 Å². The van der Waals surface area contributed by atoms with Crippen molar-refractivity contribution in [1.29, 1.82) is 0 Å². The molecule has 0 aliphatic rings. The fourth-order valence-corrected chi connectivity index (χ4v) is 4.22. The van der Waals surface area contributed by atoms with Crippen LogP contribution in [0.4, 0.5) is 0 Å². The summed E-state index contributed by atoms with van der Waals surface area (Å²) in [5.74, 6) is 0. The van der Waals surface area contributed by atoms with Crippen molar-refractivity contribution in [2.75, 3.05) is 0 Å². The van der Waals surface area contributed by atoms with Crippen LogP contribution in [0.1, 0.15) is 75.7 Å². The van der Waals surface area contributed by atoms with Crippen molar-refractivity contribution < 1.29 is 0 Å². The molecule has 3 rings (SSSR count). The van der Waals surface area contributed by atoms with Gasteiger partial charge in [0.25, 0.3) is 0 Å². The normalized spacial score (nSPS) is 14.6. The molecule has 1 heterocycles. The van der Waals surface area contributed by atoms with E-state index in [0.717, 1.165) is 50.8 Å². The van der Waals surface area contributed by atoms with Crippen LogP contribution >= 0.6 is 0 Å². The van der Waals surface area contributed by atoms with E-state index >= 15 is 0 Å². The Bertz CT molecular complexity index is 1570. The minimum absolute atomic E-state index is 0.171. The van der Waals surface area contributed by atoms with Crippen molar-refractivity contribution in [3.05, 3.63) is 118 Å².